The fourth-order valence-electron chi connectivity index (χ4n) is 2.37. The van der Waals surface area contributed by atoms with E-state index in [1.165, 1.54) is 6.07 Å². The molecule has 0 aromatic heterocycles. The lowest BCUT2D eigenvalue weighted by Gasteiger charge is -2.24. The quantitative estimate of drug-likeness (QED) is 0.791. The molecular weight excluding hydrogens is 231 g/mol. The minimum Gasteiger partial charge on any atom is -0.496 e. The second-order valence-electron chi connectivity index (χ2n) is 4.60. The molecule has 18 heavy (non-hydrogen) atoms. The first-order valence-electron chi connectivity index (χ1n) is 5.94. The van der Waals surface area contributed by atoms with Gasteiger partial charge in [0.1, 0.15) is 17.9 Å². The van der Waals surface area contributed by atoms with Gasteiger partial charge in [-0.3, -0.25) is 4.99 Å². The molecule has 4 heteroatoms. The molecule has 0 radical (unpaired) electrons. The van der Waals surface area contributed by atoms with Gasteiger partial charge in [-0.15, -0.1) is 0 Å². The van der Waals surface area contributed by atoms with Crippen LogP contribution in [0.15, 0.2) is 22.1 Å². The van der Waals surface area contributed by atoms with E-state index >= 15 is 0 Å². The standard InChI is InChI=1S/C14H17FN2O/c1-8-5-11(12(15)6-13(8)18-4)14-9(2)16-7-17-10(14)3/h5-7,9,14H,1-4H3. The molecule has 2 unspecified atom stereocenters. The maximum absolute atomic E-state index is 14.2. The molecule has 0 aliphatic carbocycles. The first kappa shape index (κ1) is 12.7. The molecule has 2 rings (SSSR count). The van der Waals surface area contributed by atoms with Crippen LogP contribution in [0, 0.1) is 12.7 Å². The van der Waals surface area contributed by atoms with Gasteiger partial charge in [-0.05, 0) is 38.0 Å². The van der Waals surface area contributed by atoms with Crippen molar-refractivity contribution in [3.8, 4) is 5.75 Å². The maximum atomic E-state index is 14.2. The highest BCUT2D eigenvalue weighted by molar-refractivity contribution is 5.96. The number of ether oxygens (including phenoxy) is 1. The molecule has 96 valence electrons. The van der Waals surface area contributed by atoms with Gasteiger partial charge in [0.05, 0.1) is 13.2 Å². The molecule has 0 fully saturated rings. The van der Waals surface area contributed by atoms with Crippen molar-refractivity contribution in [3.63, 3.8) is 0 Å². The van der Waals surface area contributed by atoms with Crippen molar-refractivity contribution in [2.24, 2.45) is 9.98 Å². The Morgan fingerprint density at radius 1 is 1.28 bits per heavy atom. The largest absolute Gasteiger partial charge is 0.496 e. The number of aryl methyl sites for hydroxylation is 1. The molecule has 1 heterocycles. The summed E-state index contributed by atoms with van der Waals surface area (Å²) in [5.41, 5.74) is 2.45. The van der Waals surface area contributed by atoms with Crippen molar-refractivity contribution in [2.45, 2.75) is 32.7 Å². The van der Waals surface area contributed by atoms with E-state index in [2.05, 4.69) is 9.98 Å². The Morgan fingerprint density at radius 3 is 2.61 bits per heavy atom. The summed E-state index contributed by atoms with van der Waals surface area (Å²) in [6, 6.07) is 3.27. The Labute approximate surface area is 106 Å². The van der Waals surface area contributed by atoms with Crippen LogP contribution in [0.5, 0.6) is 5.75 Å². The molecule has 1 aromatic rings. The molecule has 0 saturated heterocycles. The Balaban J connectivity index is 2.48. The van der Waals surface area contributed by atoms with Crippen molar-refractivity contribution in [2.75, 3.05) is 7.11 Å². The van der Waals surface area contributed by atoms with E-state index in [-0.39, 0.29) is 17.8 Å². The average Bonchev–Trinajstić information content (AvgIpc) is 2.32. The monoisotopic (exact) mass is 248 g/mol. The Bertz CT molecular complexity index is 523. The van der Waals surface area contributed by atoms with Crippen LogP contribution in [-0.2, 0) is 0 Å². The van der Waals surface area contributed by atoms with Crippen LogP contribution < -0.4 is 4.74 Å². The molecule has 2 atom stereocenters. The number of hydrogen-bond acceptors (Lipinski definition) is 3. The Morgan fingerprint density at radius 2 is 2.00 bits per heavy atom. The third-order valence-electron chi connectivity index (χ3n) is 3.34. The average molecular weight is 248 g/mol. The Kier molecular flexibility index (Phi) is 3.45. The van der Waals surface area contributed by atoms with Gasteiger partial charge in [0.2, 0.25) is 0 Å². The summed E-state index contributed by atoms with van der Waals surface area (Å²) in [4.78, 5) is 8.42. The molecule has 0 spiro atoms. The zero-order valence-electron chi connectivity index (χ0n) is 11.1. The van der Waals surface area contributed by atoms with Gasteiger partial charge in [-0.2, -0.15) is 0 Å². The normalized spacial score (nSPS) is 22.8. The lowest BCUT2D eigenvalue weighted by atomic mass is 9.87. The molecule has 0 N–H and O–H groups in total. The third-order valence-corrected chi connectivity index (χ3v) is 3.34. The fourth-order valence-corrected chi connectivity index (χ4v) is 2.37. The summed E-state index contributed by atoms with van der Waals surface area (Å²) < 4.78 is 19.3. The third kappa shape index (κ3) is 2.15. The smallest absolute Gasteiger partial charge is 0.130 e. The maximum Gasteiger partial charge on any atom is 0.130 e. The zero-order chi connectivity index (χ0) is 13.3. The second-order valence-corrected chi connectivity index (χ2v) is 4.60. The second kappa shape index (κ2) is 4.88. The van der Waals surface area contributed by atoms with Crippen molar-refractivity contribution in [1.29, 1.82) is 0 Å². The minimum absolute atomic E-state index is 0.00444. The van der Waals surface area contributed by atoms with Gasteiger partial charge in [-0.1, -0.05) is 0 Å². The SMILES string of the molecule is COc1cc(F)c(C2C(C)=NC=NC2C)cc1C. The number of nitrogens with zero attached hydrogens (tertiary/aromatic N) is 2. The van der Waals surface area contributed by atoms with E-state index in [0.29, 0.717) is 11.3 Å². The van der Waals surface area contributed by atoms with Gasteiger partial charge in [-0.25, -0.2) is 9.38 Å². The first-order chi connectivity index (χ1) is 8.54. The highest BCUT2D eigenvalue weighted by atomic mass is 19.1. The van der Waals surface area contributed by atoms with Gasteiger partial charge in [0.25, 0.3) is 0 Å². The summed E-state index contributed by atoms with van der Waals surface area (Å²) in [5, 5.41) is 0. The zero-order valence-corrected chi connectivity index (χ0v) is 11.1. The summed E-state index contributed by atoms with van der Waals surface area (Å²) in [5.74, 6) is 0.207. The summed E-state index contributed by atoms with van der Waals surface area (Å²) in [6.07, 6.45) is 1.55. The molecule has 1 aliphatic heterocycles. The van der Waals surface area contributed by atoms with Crippen LogP contribution >= 0.6 is 0 Å². The van der Waals surface area contributed by atoms with Crippen molar-refractivity contribution < 1.29 is 9.13 Å². The van der Waals surface area contributed by atoms with Crippen LogP contribution in [0.4, 0.5) is 4.39 Å². The van der Waals surface area contributed by atoms with Crippen LogP contribution in [0.2, 0.25) is 0 Å². The highest BCUT2D eigenvalue weighted by Crippen LogP contribution is 2.32. The van der Waals surface area contributed by atoms with Crippen molar-refractivity contribution in [3.05, 3.63) is 29.1 Å². The summed E-state index contributed by atoms with van der Waals surface area (Å²) >= 11 is 0. The number of benzene rings is 1. The van der Waals surface area contributed by atoms with Crippen LogP contribution in [0.1, 0.15) is 30.9 Å². The summed E-state index contributed by atoms with van der Waals surface area (Å²) in [7, 11) is 1.54. The summed E-state index contributed by atoms with van der Waals surface area (Å²) in [6.45, 7) is 5.79. The minimum atomic E-state index is -0.263. The Hall–Kier alpha value is -1.71. The van der Waals surface area contributed by atoms with Gasteiger partial charge >= 0.3 is 0 Å². The van der Waals surface area contributed by atoms with Crippen molar-refractivity contribution in [1.82, 2.24) is 0 Å². The van der Waals surface area contributed by atoms with E-state index in [0.717, 1.165) is 11.3 Å². The number of aliphatic imine (C=N–C) groups is 2. The van der Waals surface area contributed by atoms with E-state index in [1.54, 1.807) is 13.4 Å². The fraction of sp³-hybridized carbons (Fsp3) is 0.429. The number of rotatable bonds is 2. The van der Waals surface area contributed by atoms with E-state index in [4.69, 9.17) is 4.74 Å². The van der Waals surface area contributed by atoms with E-state index in [1.807, 2.05) is 26.8 Å². The van der Waals surface area contributed by atoms with Crippen LogP contribution in [0.25, 0.3) is 0 Å². The van der Waals surface area contributed by atoms with Crippen LogP contribution in [-0.4, -0.2) is 25.2 Å². The molecule has 1 aromatic carbocycles. The molecular formula is C14H17FN2O. The van der Waals surface area contributed by atoms with Crippen molar-refractivity contribution >= 4 is 12.1 Å². The lowest BCUT2D eigenvalue weighted by molar-refractivity contribution is 0.407. The topological polar surface area (TPSA) is 34.0 Å². The van der Waals surface area contributed by atoms with Gasteiger partial charge < -0.3 is 4.74 Å². The molecule has 0 amide bonds. The first-order valence-corrected chi connectivity index (χ1v) is 5.94. The predicted octanol–water partition coefficient (Wildman–Crippen LogP) is 3.12. The molecule has 0 bridgehead atoms. The van der Waals surface area contributed by atoms with Gasteiger partial charge in [0.15, 0.2) is 0 Å². The number of hydrogen-bond donors (Lipinski definition) is 0. The van der Waals surface area contributed by atoms with Crippen LogP contribution in [0.3, 0.4) is 0 Å². The number of methoxy groups -OCH3 is 1. The van der Waals surface area contributed by atoms with Gasteiger partial charge in [0, 0.05) is 17.7 Å². The molecule has 3 nitrogen and oxygen atoms in total. The number of halogens is 1. The van der Waals surface area contributed by atoms with E-state index in [9.17, 15) is 4.39 Å². The lowest BCUT2D eigenvalue weighted by Crippen LogP contribution is -2.25. The molecule has 0 saturated carbocycles. The highest BCUT2D eigenvalue weighted by Gasteiger charge is 2.27. The molecule has 1 aliphatic rings. The predicted molar refractivity (Wildman–Crippen MR) is 71.5 cm³/mol. The van der Waals surface area contributed by atoms with E-state index < -0.39 is 0 Å².